The van der Waals surface area contributed by atoms with Crippen LogP contribution >= 0.6 is 22.9 Å². The fourth-order valence-electron chi connectivity index (χ4n) is 1.66. The van der Waals surface area contributed by atoms with Gasteiger partial charge in [0.2, 0.25) is 0 Å². The van der Waals surface area contributed by atoms with Crippen molar-refractivity contribution in [3.05, 3.63) is 21.3 Å². The second kappa shape index (κ2) is 7.37. The minimum Gasteiger partial charge on any atom is -0.309 e. The van der Waals surface area contributed by atoms with Gasteiger partial charge in [0.1, 0.15) is 0 Å². The van der Waals surface area contributed by atoms with Gasteiger partial charge in [0.05, 0.1) is 4.34 Å². The largest absolute Gasteiger partial charge is 0.309 e. The molecule has 2 atom stereocenters. The van der Waals surface area contributed by atoms with E-state index in [-0.39, 0.29) is 0 Å². The number of likely N-dealkylation sites (N-methyl/N-ethyl adjacent to an activating group) is 1. The van der Waals surface area contributed by atoms with E-state index in [0.717, 1.165) is 17.4 Å². The lowest BCUT2D eigenvalue weighted by atomic mass is 10.2. The fraction of sp³-hybridized carbons (Fsp3) is 0.692. The third-order valence-electron chi connectivity index (χ3n) is 3.35. The van der Waals surface area contributed by atoms with Crippen molar-refractivity contribution in [3.8, 4) is 0 Å². The van der Waals surface area contributed by atoms with Gasteiger partial charge < -0.3 is 10.2 Å². The van der Waals surface area contributed by atoms with Crippen LogP contribution in [0.25, 0.3) is 0 Å². The maximum absolute atomic E-state index is 5.93. The summed E-state index contributed by atoms with van der Waals surface area (Å²) in [6.45, 7) is 8.76. The summed E-state index contributed by atoms with van der Waals surface area (Å²) >= 11 is 7.53. The van der Waals surface area contributed by atoms with Gasteiger partial charge in [-0.25, -0.2) is 0 Å². The fourth-order valence-corrected chi connectivity index (χ4v) is 2.64. The van der Waals surface area contributed by atoms with E-state index in [0.29, 0.717) is 12.1 Å². The first kappa shape index (κ1) is 15.0. The first-order valence-corrected chi connectivity index (χ1v) is 7.48. The van der Waals surface area contributed by atoms with E-state index in [4.69, 9.17) is 11.6 Å². The summed E-state index contributed by atoms with van der Waals surface area (Å²) in [5, 5.41) is 5.65. The van der Waals surface area contributed by atoms with E-state index in [9.17, 15) is 0 Å². The van der Waals surface area contributed by atoms with Gasteiger partial charge in [-0.2, -0.15) is 0 Å². The van der Waals surface area contributed by atoms with Crippen LogP contribution in [0.15, 0.2) is 11.4 Å². The van der Waals surface area contributed by atoms with E-state index in [2.05, 4.69) is 43.4 Å². The van der Waals surface area contributed by atoms with Crippen LogP contribution in [0.4, 0.5) is 0 Å². The zero-order chi connectivity index (χ0) is 12.8. The van der Waals surface area contributed by atoms with Gasteiger partial charge in [0.25, 0.3) is 0 Å². The number of hydrogen-bond donors (Lipinski definition) is 1. The highest BCUT2D eigenvalue weighted by molar-refractivity contribution is 7.14. The first-order valence-electron chi connectivity index (χ1n) is 6.22. The Morgan fingerprint density at radius 1 is 1.47 bits per heavy atom. The molecule has 17 heavy (non-hydrogen) atoms. The molecule has 0 amide bonds. The van der Waals surface area contributed by atoms with E-state index in [1.165, 1.54) is 12.0 Å². The van der Waals surface area contributed by atoms with Crippen LogP contribution in [0.1, 0.15) is 38.8 Å². The van der Waals surface area contributed by atoms with Gasteiger partial charge >= 0.3 is 0 Å². The standard InChI is InChI=1S/C13H23ClN2S/c1-5-10(2)16(4)7-6-15-11(3)12-8-13(14)17-9-12/h8-11,15H,5-7H2,1-4H3. The second-order valence-corrected chi connectivity index (χ2v) is 6.14. The number of halogens is 1. The Balaban J connectivity index is 2.27. The number of thiophene rings is 1. The third-order valence-corrected chi connectivity index (χ3v) is 4.46. The molecular weight excluding hydrogens is 252 g/mol. The van der Waals surface area contributed by atoms with Crippen molar-refractivity contribution in [1.29, 1.82) is 0 Å². The van der Waals surface area contributed by atoms with Crippen LogP contribution < -0.4 is 5.32 Å². The highest BCUT2D eigenvalue weighted by Gasteiger charge is 2.09. The molecule has 2 nitrogen and oxygen atoms in total. The van der Waals surface area contributed by atoms with Gasteiger partial charge in [-0.05, 0) is 44.3 Å². The molecule has 0 aliphatic carbocycles. The van der Waals surface area contributed by atoms with Gasteiger partial charge in [-0.1, -0.05) is 18.5 Å². The summed E-state index contributed by atoms with van der Waals surface area (Å²) in [7, 11) is 2.18. The first-order chi connectivity index (χ1) is 8.04. The SMILES string of the molecule is CCC(C)N(C)CCNC(C)c1csc(Cl)c1. The molecule has 4 heteroatoms. The molecule has 1 rings (SSSR count). The van der Waals surface area contributed by atoms with Crippen LogP contribution in [-0.2, 0) is 0 Å². The Bertz CT molecular complexity index is 327. The molecule has 0 aromatic carbocycles. The highest BCUT2D eigenvalue weighted by atomic mass is 35.5. The van der Waals surface area contributed by atoms with E-state index >= 15 is 0 Å². The maximum Gasteiger partial charge on any atom is 0.0931 e. The molecular formula is C13H23ClN2S. The molecule has 0 spiro atoms. The van der Waals surface area contributed by atoms with Crippen LogP contribution in [-0.4, -0.2) is 31.1 Å². The van der Waals surface area contributed by atoms with Crippen LogP contribution in [0.5, 0.6) is 0 Å². The Morgan fingerprint density at radius 3 is 2.71 bits per heavy atom. The quantitative estimate of drug-likeness (QED) is 0.814. The lowest BCUT2D eigenvalue weighted by Crippen LogP contribution is -2.35. The summed E-state index contributed by atoms with van der Waals surface area (Å²) in [6.07, 6.45) is 1.20. The zero-order valence-corrected chi connectivity index (χ0v) is 12.7. The Kier molecular flexibility index (Phi) is 6.49. The monoisotopic (exact) mass is 274 g/mol. The predicted octanol–water partition coefficient (Wildman–Crippen LogP) is 3.78. The van der Waals surface area contributed by atoms with E-state index < -0.39 is 0 Å². The molecule has 2 unspecified atom stereocenters. The molecule has 1 N–H and O–H groups in total. The van der Waals surface area contributed by atoms with Crippen molar-refractivity contribution in [2.24, 2.45) is 0 Å². The topological polar surface area (TPSA) is 15.3 Å². The van der Waals surface area contributed by atoms with Crippen LogP contribution in [0.2, 0.25) is 4.34 Å². The summed E-state index contributed by atoms with van der Waals surface area (Å²) in [6, 6.07) is 3.08. The van der Waals surface area contributed by atoms with Crippen molar-refractivity contribution in [3.63, 3.8) is 0 Å². The summed E-state index contributed by atoms with van der Waals surface area (Å²) in [5.74, 6) is 0. The molecule has 1 aromatic rings. The van der Waals surface area contributed by atoms with E-state index in [1.54, 1.807) is 11.3 Å². The predicted molar refractivity (Wildman–Crippen MR) is 78.1 cm³/mol. The van der Waals surface area contributed by atoms with Crippen LogP contribution in [0, 0.1) is 0 Å². The molecule has 0 fully saturated rings. The summed E-state index contributed by atoms with van der Waals surface area (Å²) in [5.41, 5.74) is 1.28. The molecule has 1 heterocycles. The molecule has 0 radical (unpaired) electrons. The number of rotatable bonds is 7. The molecule has 0 saturated heterocycles. The Morgan fingerprint density at radius 2 is 2.18 bits per heavy atom. The van der Waals surface area contributed by atoms with Crippen molar-refractivity contribution in [2.75, 3.05) is 20.1 Å². The number of nitrogens with one attached hydrogen (secondary N) is 1. The Labute approximate surface area is 114 Å². The van der Waals surface area contributed by atoms with Crippen molar-refractivity contribution in [2.45, 2.75) is 39.3 Å². The van der Waals surface area contributed by atoms with Gasteiger partial charge in [0.15, 0.2) is 0 Å². The normalized spacial score (nSPS) is 15.2. The third kappa shape index (κ3) is 4.96. The minimum atomic E-state index is 0.379. The lowest BCUT2D eigenvalue weighted by molar-refractivity contribution is 0.249. The summed E-state index contributed by atoms with van der Waals surface area (Å²) < 4.78 is 0.866. The van der Waals surface area contributed by atoms with Crippen LogP contribution in [0.3, 0.4) is 0 Å². The van der Waals surface area contributed by atoms with Crippen molar-refractivity contribution < 1.29 is 0 Å². The molecule has 98 valence electrons. The van der Waals surface area contributed by atoms with Gasteiger partial charge in [-0.15, -0.1) is 11.3 Å². The van der Waals surface area contributed by atoms with Crippen molar-refractivity contribution >= 4 is 22.9 Å². The maximum atomic E-state index is 5.93. The molecule has 0 aliphatic rings. The van der Waals surface area contributed by atoms with E-state index in [1.807, 2.05) is 6.07 Å². The smallest absolute Gasteiger partial charge is 0.0931 e. The minimum absolute atomic E-state index is 0.379. The number of nitrogens with zero attached hydrogens (tertiary/aromatic N) is 1. The molecule has 0 saturated carbocycles. The average Bonchev–Trinajstić information content (AvgIpc) is 2.74. The average molecular weight is 275 g/mol. The molecule has 1 aromatic heterocycles. The lowest BCUT2D eigenvalue weighted by Gasteiger charge is -2.24. The zero-order valence-electron chi connectivity index (χ0n) is 11.2. The second-order valence-electron chi connectivity index (χ2n) is 4.60. The number of hydrogen-bond acceptors (Lipinski definition) is 3. The highest BCUT2D eigenvalue weighted by Crippen LogP contribution is 2.24. The molecule has 0 bridgehead atoms. The summed E-state index contributed by atoms with van der Waals surface area (Å²) in [4.78, 5) is 2.39. The van der Waals surface area contributed by atoms with Gasteiger partial charge in [-0.3, -0.25) is 0 Å². The van der Waals surface area contributed by atoms with Gasteiger partial charge in [0, 0.05) is 25.2 Å². The molecule has 0 aliphatic heterocycles. The van der Waals surface area contributed by atoms with Crippen molar-refractivity contribution in [1.82, 2.24) is 10.2 Å². The Hall–Kier alpha value is -0.0900.